The molecule has 0 radical (unpaired) electrons. The smallest absolute Gasteiger partial charge is 0.202 e. The molecule has 1 N–H and O–H groups in total. The minimum atomic E-state index is 0.332. The van der Waals surface area contributed by atoms with Gasteiger partial charge in [0.25, 0.3) is 0 Å². The van der Waals surface area contributed by atoms with E-state index in [-0.39, 0.29) is 0 Å². The third-order valence-electron chi connectivity index (χ3n) is 3.13. The summed E-state index contributed by atoms with van der Waals surface area (Å²) in [5.41, 5.74) is 0.332. The highest BCUT2D eigenvalue weighted by molar-refractivity contribution is 7.09. The molecule has 104 valence electrons. The van der Waals surface area contributed by atoms with E-state index in [1.165, 1.54) is 37.2 Å². The summed E-state index contributed by atoms with van der Waals surface area (Å²) in [7, 11) is 0. The van der Waals surface area contributed by atoms with Gasteiger partial charge in [0, 0.05) is 24.0 Å². The molecule has 0 saturated heterocycles. The van der Waals surface area contributed by atoms with E-state index in [0.29, 0.717) is 11.3 Å². The van der Waals surface area contributed by atoms with Gasteiger partial charge >= 0.3 is 0 Å². The number of nitrogens with zero attached hydrogens (tertiary/aromatic N) is 2. The lowest BCUT2D eigenvalue weighted by Crippen LogP contribution is -2.23. The van der Waals surface area contributed by atoms with Crippen LogP contribution in [0.4, 0.5) is 5.13 Å². The van der Waals surface area contributed by atoms with E-state index < -0.39 is 0 Å². The Morgan fingerprint density at radius 1 is 1.28 bits per heavy atom. The van der Waals surface area contributed by atoms with Gasteiger partial charge in [-0.25, -0.2) is 4.98 Å². The molecule has 0 aromatic carbocycles. The van der Waals surface area contributed by atoms with Gasteiger partial charge in [0.2, 0.25) is 5.13 Å². The quantitative estimate of drug-likeness (QED) is 0.696. The van der Waals surface area contributed by atoms with Crippen molar-refractivity contribution in [2.45, 2.75) is 66.2 Å². The molecular weight excluding hydrogens is 242 g/mol. The highest BCUT2D eigenvalue weighted by atomic mass is 32.1. The Balaban J connectivity index is 2.38. The molecule has 0 spiro atoms. The standard InChI is InChI=1S/C14H27N3S/c1-6-7-8-9-14(4,5)10-15-13-16-12(11(2)3)17-18-13/h11H,6-10H2,1-5H3,(H,15,16,17). The minimum Gasteiger partial charge on any atom is -0.360 e. The van der Waals surface area contributed by atoms with Crippen LogP contribution in [-0.2, 0) is 0 Å². The van der Waals surface area contributed by atoms with E-state index in [2.05, 4.69) is 49.3 Å². The molecule has 0 atom stereocenters. The molecule has 1 rings (SSSR count). The molecule has 0 unspecified atom stereocenters. The van der Waals surface area contributed by atoms with E-state index in [1.54, 1.807) is 0 Å². The summed E-state index contributed by atoms with van der Waals surface area (Å²) in [6.07, 6.45) is 5.21. The van der Waals surface area contributed by atoms with Crippen LogP contribution >= 0.6 is 11.5 Å². The van der Waals surface area contributed by atoms with Gasteiger partial charge in [0.1, 0.15) is 5.82 Å². The van der Waals surface area contributed by atoms with Crippen molar-refractivity contribution in [3.05, 3.63) is 5.82 Å². The van der Waals surface area contributed by atoms with Crippen molar-refractivity contribution in [2.75, 3.05) is 11.9 Å². The maximum atomic E-state index is 4.51. The lowest BCUT2D eigenvalue weighted by molar-refractivity contribution is 0.342. The van der Waals surface area contributed by atoms with Crippen LogP contribution in [0.5, 0.6) is 0 Å². The number of anilines is 1. The van der Waals surface area contributed by atoms with Crippen LogP contribution in [0.15, 0.2) is 0 Å². The van der Waals surface area contributed by atoms with Crippen molar-refractivity contribution < 1.29 is 0 Å². The van der Waals surface area contributed by atoms with Crippen LogP contribution in [0.3, 0.4) is 0 Å². The molecule has 4 heteroatoms. The minimum absolute atomic E-state index is 0.332. The van der Waals surface area contributed by atoms with Gasteiger partial charge in [-0.1, -0.05) is 53.9 Å². The molecule has 0 aliphatic heterocycles. The van der Waals surface area contributed by atoms with Crippen LogP contribution in [0.2, 0.25) is 0 Å². The normalized spacial score (nSPS) is 12.1. The highest BCUT2D eigenvalue weighted by Gasteiger charge is 2.18. The summed E-state index contributed by atoms with van der Waals surface area (Å²) in [5, 5.41) is 4.39. The summed E-state index contributed by atoms with van der Waals surface area (Å²) in [5.74, 6) is 1.36. The predicted octanol–water partition coefficient (Wildman–Crippen LogP) is 4.68. The molecule has 1 heterocycles. The van der Waals surface area contributed by atoms with Gasteiger partial charge in [-0.2, -0.15) is 4.37 Å². The Morgan fingerprint density at radius 2 is 2.00 bits per heavy atom. The second-order valence-corrected chi connectivity index (χ2v) is 6.84. The molecule has 0 saturated carbocycles. The van der Waals surface area contributed by atoms with Crippen molar-refractivity contribution in [1.82, 2.24) is 9.36 Å². The van der Waals surface area contributed by atoms with Gasteiger partial charge in [0.05, 0.1) is 0 Å². The maximum absolute atomic E-state index is 4.51. The maximum Gasteiger partial charge on any atom is 0.202 e. The van der Waals surface area contributed by atoms with Crippen molar-refractivity contribution >= 4 is 16.7 Å². The molecule has 18 heavy (non-hydrogen) atoms. The summed E-state index contributed by atoms with van der Waals surface area (Å²) < 4.78 is 4.36. The molecule has 0 fully saturated rings. The first-order valence-electron chi connectivity index (χ1n) is 7.02. The van der Waals surface area contributed by atoms with Crippen molar-refractivity contribution in [3.63, 3.8) is 0 Å². The number of hydrogen-bond donors (Lipinski definition) is 1. The highest BCUT2D eigenvalue weighted by Crippen LogP contribution is 2.25. The number of aromatic nitrogens is 2. The predicted molar refractivity (Wildman–Crippen MR) is 80.4 cm³/mol. The van der Waals surface area contributed by atoms with Crippen molar-refractivity contribution in [1.29, 1.82) is 0 Å². The summed E-state index contributed by atoms with van der Waals surface area (Å²) in [6, 6.07) is 0. The third kappa shape index (κ3) is 5.34. The summed E-state index contributed by atoms with van der Waals surface area (Å²) in [6.45, 7) is 12.1. The summed E-state index contributed by atoms with van der Waals surface area (Å²) in [4.78, 5) is 4.51. The van der Waals surface area contributed by atoms with Gasteiger partial charge in [0.15, 0.2) is 0 Å². The molecule has 3 nitrogen and oxygen atoms in total. The fourth-order valence-electron chi connectivity index (χ4n) is 1.80. The number of hydrogen-bond acceptors (Lipinski definition) is 4. The molecule has 0 aliphatic rings. The van der Waals surface area contributed by atoms with Crippen LogP contribution in [-0.4, -0.2) is 15.9 Å². The fourth-order valence-corrected chi connectivity index (χ4v) is 2.50. The Morgan fingerprint density at radius 3 is 2.56 bits per heavy atom. The van der Waals surface area contributed by atoms with E-state index in [1.807, 2.05) is 0 Å². The van der Waals surface area contributed by atoms with Crippen molar-refractivity contribution in [2.24, 2.45) is 5.41 Å². The van der Waals surface area contributed by atoms with E-state index >= 15 is 0 Å². The largest absolute Gasteiger partial charge is 0.360 e. The first-order valence-corrected chi connectivity index (χ1v) is 7.79. The Bertz CT molecular complexity index is 345. The molecular formula is C14H27N3S. The Hall–Kier alpha value is -0.640. The van der Waals surface area contributed by atoms with Crippen LogP contribution in [0.1, 0.15) is 72.0 Å². The molecule has 0 amide bonds. The van der Waals surface area contributed by atoms with E-state index in [0.717, 1.165) is 17.5 Å². The zero-order valence-corrected chi connectivity index (χ0v) is 13.2. The summed E-state index contributed by atoms with van der Waals surface area (Å²) >= 11 is 1.47. The van der Waals surface area contributed by atoms with Crippen LogP contribution in [0, 0.1) is 5.41 Å². The first-order chi connectivity index (χ1) is 8.44. The van der Waals surface area contributed by atoms with Crippen LogP contribution < -0.4 is 5.32 Å². The first kappa shape index (κ1) is 15.4. The fraction of sp³-hybridized carbons (Fsp3) is 0.857. The topological polar surface area (TPSA) is 37.8 Å². The second kappa shape index (κ2) is 7.07. The van der Waals surface area contributed by atoms with Crippen molar-refractivity contribution in [3.8, 4) is 0 Å². The average molecular weight is 269 g/mol. The Labute approximate surface area is 116 Å². The number of rotatable bonds is 8. The lowest BCUT2D eigenvalue weighted by Gasteiger charge is -2.24. The SMILES string of the molecule is CCCCCC(C)(C)CNc1nc(C(C)C)ns1. The van der Waals surface area contributed by atoms with Gasteiger partial charge in [-0.3, -0.25) is 0 Å². The van der Waals surface area contributed by atoms with Gasteiger partial charge in [-0.15, -0.1) is 0 Å². The molecule has 0 bridgehead atoms. The zero-order chi connectivity index (χ0) is 13.6. The molecule has 1 aromatic rings. The Kier molecular flexibility index (Phi) is 6.06. The molecule has 1 aromatic heterocycles. The number of unbranched alkanes of at least 4 members (excludes halogenated alkanes) is 2. The second-order valence-electron chi connectivity index (χ2n) is 6.09. The van der Waals surface area contributed by atoms with Gasteiger partial charge < -0.3 is 5.32 Å². The molecule has 0 aliphatic carbocycles. The lowest BCUT2D eigenvalue weighted by atomic mass is 9.87. The number of nitrogens with one attached hydrogen (secondary N) is 1. The van der Waals surface area contributed by atoms with E-state index in [4.69, 9.17) is 0 Å². The van der Waals surface area contributed by atoms with Crippen LogP contribution in [0.25, 0.3) is 0 Å². The average Bonchev–Trinajstić information content (AvgIpc) is 2.75. The van der Waals surface area contributed by atoms with Gasteiger partial charge in [-0.05, 0) is 11.8 Å². The third-order valence-corrected chi connectivity index (χ3v) is 3.82. The monoisotopic (exact) mass is 269 g/mol. The zero-order valence-electron chi connectivity index (χ0n) is 12.4. The van der Waals surface area contributed by atoms with E-state index in [9.17, 15) is 0 Å².